The molecule has 0 unspecified atom stereocenters. The third-order valence-corrected chi connectivity index (χ3v) is 2.26. The molecule has 0 fully saturated rings. The van der Waals surface area contributed by atoms with E-state index in [0.717, 1.165) is 17.8 Å². The summed E-state index contributed by atoms with van der Waals surface area (Å²) < 4.78 is 0. The van der Waals surface area contributed by atoms with Crippen LogP contribution in [-0.4, -0.2) is 0 Å². The van der Waals surface area contributed by atoms with Crippen LogP contribution in [0, 0.1) is 11.3 Å². The zero-order valence-electron chi connectivity index (χ0n) is 9.13. The predicted molar refractivity (Wildman–Crippen MR) is 68.4 cm³/mol. The van der Waals surface area contributed by atoms with Gasteiger partial charge in [0.15, 0.2) is 0 Å². The topological polar surface area (TPSA) is 35.8 Å². The molecule has 1 N–H and O–H groups in total. The summed E-state index contributed by atoms with van der Waals surface area (Å²) >= 11 is 5.91. The molecule has 0 aliphatic heterocycles. The first-order valence-corrected chi connectivity index (χ1v) is 5.37. The van der Waals surface area contributed by atoms with E-state index >= 15 is 0 Å². The van der Waals surface area contributed by atoms with Gasteiger partial charge in [0, 0.05) is 11.4 Å². The first-order valence-electron chi connectivity index (χ1n) is 4.99. The van der Waals surface area contributed by atoms with E-state index in [-0.39, 0.29) is 0 Å². The highest BCUT2D eigenvalue weighted by Crippen LogP contribution is 2.21. The van der Waals surface area contributed by atoms with E-state index < -0.39 is 0 Å². The molecule has 16 heavy (non-hydrogen) atoms. The fourth-order valence-electron chi connectivity index (χ4n) is 1.17. The molecule has 1 aromatic carbocycles. The second kappa shape index (κ2) is 5.99. The Morgan fingerprint density at radius 3 is 2.94 bits per heavy atom. The van der Waals surface area contributed by atoms with Crippen molar-refractivity contribution in [3.63, 3.8) is 0 Å². The number of hydrogen-bond donors (Lipinski definition) is 1. The number of hydrogen-bond acceptors (Lipinski definition) is 2. The third-order valence-electron chi connectivity index (χ3n) is 1.95. The van der Waals surface area contributed by atoms with Gasteiger partial charge in [-0.1, -0.05) is 31.2 Å². The van der Waals surface area contributed by atoms with Crippen LogP contribution >= 0.6 is 11.6 Å². The van der Waals surface area contributed by atoms with Crippen LogP contribution in [0.5, 0.6) is 0 Å². The van der Waals surface area contributed by atoms with Crippen molar-refractivity contribution in [2.45, 2.75) is 13.3 Å². The first kappa shape index (κ1) is 12.4. The summed E-state index contributed by atoms with van der Waals surface area (Å²) in [5.74, 6) is 0. The summed E-state index contributed by atoms with van der Waals surface area (Å²) in [5, 5.41) is 12.3. The van der Waals surface area contributed by atoms with Gasteiger partial charge in [0.1, 0.15) is 6.07 Å². The molecule has 1 aromatic rings. The maximum atomic E-state index is 8.72. The van der Waals surface area contributed by atoms with Crippen LogP contribution in [0.15, 0.2) is 42.6 Å². The van der Waals surface area contributed by atoms with Crippen LogP contribution in [0.3, 0.4) is 0 Å². The summed E-state index contributed by atoms with van der Waals surface area (Å²) in [6.07, 6.45) is 4.89. The maximum absolute atomic E-state index is 8.72. The minimum Gasteiger partial charge on any atom is -0.356 e. The SMILES string of the molecule is C=C(/C=C\CC)Nc1ccc(C#N)c(Cl)c1. The van der Waals surface area contributed by atoms with Gasteiger partial charge < -0.3 is 5.32 Å². The van der Waals surface area contributed by atoms with Gasteiger partial charge in [-0.2, -0.15) is 5.26 Å². The lowest BCUT2D eigenvalue weighted by atomic mass is 10.2. The second-order valence-corrected chi connectivity index (χ2v) is 3.67. The number of benzene rings is 1. The average Bonchev–Trinajstić information content (AvgIpc) is 2.26. The van der Waals surface area contributed by atoms with Crippen LogP contribution in [0.4, 0.5) is 5.69 Å². The fraction of sp³-hybridized carbons (Fsp3) is 0.154. The number of nitrogens with one attached hydrogen (secondary N) is 1. The quantitative estimate of drug-likeness (QED) is 0.794. The summed E-state index contributed by atoms with van der Waals surface area (Å²) in [4.78, 5) is 0. The Hall–Kier alpha value is -1.72. The van der Waals surface area contributed by atoms with Crippen molar-refractivity contribution in [2.24, 2.45) is 0 Å². The van der Waals surface area contributed by atoms with Crippen molar-refractivity contribution >= 4 is 17.3 Å². The molecule has 0 aliphatic rings. The molecule has 2 nitrogen and oxygen atoms in total. The van der Waals surface area contributed by atoms with Crippen LogP contribution in [0.2, 0.25) is 5.02 Å². The zero-order chi connectivity index (χ0) is 12.0. The van der Waals surface area contributed by atoms with Gasteiger partial charge in [0.05, 0.1) is 10.6 Å². The van der Waals surface area contributed by atoms with Crippen LogP contribution < -0.4 is 5.32 Å². The largest absolute Gasteiger partial charge is 0.356 e. The van der Waals surface area contributed by atoms with Gasteiger partial charge >= 0.3 is 0 Å². The van der Waals surface area contributed by atoms with Crippen LogP contribution in [-0.2, 0) is 0 Å². The molecule has 0 amide bonds. The highest BCUT2D eigenvalue weighted by molar-refractivity contribution is 6.32. The minimum absolute atomic E-state index is 0.444. The van der Waals surface area contributed by atoms with Crippen molar-refractivity contribution in [1.82, 2.24) is 0 Å². The molecule has 0 aromatic heterocycles. The Morgan fingerprint density at radius 2 is 2.38 bits per heavy atom. The van der Waals surface area contributed by atoms with Crippen LogP contribution in [0.1, 0.15) is 18.9 Å². The molecule has 0 saturated heterocycles. The Morgan fingerprint density at radius 1 is 1.62 bits per heavy atom. The van der Waals surface area contributed by atoms with Gasteiger partial charge in [0.25, 0.3) is 0 Å². The van der Waals surface area contributed by atoms with Crippen LogP contribution in [0.25, 0.3) is 0 Å². The second-order valence-electron chi connectivity index (χ2n) is 3.27. The average molecular weight is 233 g/mol. The number of rotatable bonds is 4. The number of allylic oxidation sites excluding steroid dienone is 2. The van der Waals surface area contributed by atoms with E-state index in [9.17, 15) is 0 Å². The molecule has 0 spiro atoms. The lowest BCUT2D eigenvalue weighted by Crippen LogP contribution is -1.95. The molecule has 82 valence electrons. The van der Waals surface area contributed by atoms with Gasteiger partial charge in [-0.25, -0.2) is 0 Å². The standard InChI is InChI=1S/C13H13ClN2/c1-3-4-5-10(2)16-12-7-6-11(9-15)13(14)8-12/h4-8,16H,2-3H2,1H3/b5-4-. The number of nitriles is 1. The summed E-state index contributed by atoms with van der Waals surface area (Å²) in [6, 6.07) is 7.21. The minimum atomic E-state index is 0.444. The van der Waals surface area contributed by atoms with Crippen molar-refractivity contribution in [1.29, 1.82) is 5.26 Å². The number of halogens is 1. The number of anilines is 1. The highest BCUT2D eigenvalue weighted by Gasteiger charge is 2.00. The van der Waals surface area contributed by atoms with E-state index in [4.69, 9.17) is 16.9 Å². The molecule has 0 saturated carbocycles. The fourth-order valence-corrected chi connectivity index (χ4v) is 1.39. The van der Waals surface area contributed by atoms with Gasteiger partial charge in [0.2, 0.25) is 0 Å². The Bertz CT molecular complexity index is 455. The van der Waals surface area contributed by atoms with Crippen molar-refractivity contribution < 1.29 is 0 Å². The van der Waals surface area contributed by atoms with E-state index in [0.29, 0.717) is 10.6 Å². The molecule has 0 heterocycles. The van der Waals surface area contributed by atoms with E-state index in [1.54, 1.807) is 18.2 Å². The Kier molecular flexibility index (Phi) is 4.63. The zero-order valence-corrected chi connectivity index (χ0v) is 9.88. The van der Waals surface area contributed by atoms with Gasteiger partial charge in [-0.05, 0) is 30.7 Å². The van der Waals surface area contributed by atoms with Crippen molar-refractivity contribution in [3.8, 4) is 6.07 Å². The first-order chi connectivity index (χ1) is 7.67. The monoisotopic (exact) mass is 232 g/mol. The van der Waals surface area contributed by atoms with E-state index in [1.165, 1.54) is 0 Å². The molecule has 0 radical (unpaired) electrons. The van der Waals surface area contributed by atoms with Crippen molar-refractivity contribution in [2.75, 3.05) is 5.32 Å². The molecule has 0 aliphatic carbocycles. The lowest BCUT2D eigenvalue weighted by molar-refractivity contribution is 1.22. The lowest BCUT2D eigenvalue weighted by Gasteiger charge is -2.06. The predicted octanol–water partition coefficient (Wildman–Crippen LogP) is 4.10. The summed E-state index contributed by atoms with van der Waals surface area (Å²) in [5.41, 5.74) is 2.10. The molecule has 1 rings (SSSR count). The number of nitrogens with zero attached hydrogens (tertiary/aromatic N) is 1. The van der Waals surface area contributed by atoms with Crippen molar-refractivity contribution in [3.05, 3.63) is 53.2 Å². The van der Waals surface area contributed by atoms with E-state index in [2.05, 4.69) is 18.8 Å². The van der Waals surface area contributed by atoms with E-state index in [1.807, 2.05) is 18.2 Å². The third kappa shape index (κ3) is 3.45. The Labute approximate surface area is 101 Å². The maximum Gasteiger partial charge on any atom is 0.101 e. The molecule has 0 bridgehead atoms. The normalized spacial score (nSPS) is 10.1. The molecule has 0 atom stereocenters. The van der Waals surface area contributed by atoms with Gasteiger partial charge in [-0.3, -0.25) is 0 Å². The van der Waals surface area contributed by atoms with Gasteiger partial charge in [-0.15, -0.1) is 0 Å². The summed E-state index contributed by atoms with van der Waals surface area (Å²) in [6.45, 7) is 5.91. The highest BCUT2D eigenvalue weighted by atomic mass is 35.5. The smallest absolute Gasteiger partial charge is 0.101 e. The molecular formula is C13H13ClN2. The Balaban J connectivity index is 2.76. The summed E-state index contributed by atoms with van der Waals surface area (Å²) in [7, 11) is 0. The molecule has 3 heteroatoms. The molecular weight excluding hydrogens is 220 g/mol.